The maximum absolute atomic E-state index is 13.3. The minimum atomic E-state index is -0.635. The van der Waals surface area contributed by atoms with Crippen molar-refractivity contribution < 1.29 is 14.3 Å². The highest BCUT2D eigenvalue weighted by molar-refractivity contribution is 5.97. The lowest BCUT2D eigenvalue weighted by molar-refractivity contribution is -0.0691. The summed E-state index contributed by atoms with van der Waals surface area (Å²) in [6.07, 6.45) is 6.56. The first kappa shape index (κ1) is 30.6. The highest BCUT2D eigenvalue weighted by Crippen LogP contribution is 2.40. The van der Waals surface area contributed by atoms with Crippen LogP contribution in [0.5, 0.6) is 0 Å². The van der Waals surface area contributed by atoms with E-state index in [0.717, 1.165) is 63.5 Å². The van der Waals surface area contributed by atoms with E-state index in [1.165, 1.54) is 24.1 Å². The van der Waals surface area contributed by atoms with Crippen molar-refractivity contribution in [2.45, 2.75) is 70.0 Å². The Kier molecular flexibility index (Phi) is 8.66. The van der Waals surface area contributed by atoms with Gasteiger partial charge in [0.05, 0.1) is 25.5 Å². The predicted molar refractivity (Wildman–Crippen MR) is 180 cm³/mol. The molecule has 3 atom stereocenters. The lowest BCUT2D eigenvalue weighted by Crippen LogP contribution is -2.59. The van der Waals surface area contributed by atoms with Crippen LogP contribution in [0.25, 0.3) is 0 Å². The third-order valence-corrected chi connectivity index (χ3v) is 10.4. The number of nitrogens with one attached hydrogen (secondary N) is 1. The van der Waals surface area contributed by atoms with Crippen molar-refractivity contribution in [3.63, 3.8) is 0 Å². The molecule has 0 unspecified atom stereocenters. The van der Waals surface area contributed by atoms with Gasteiger partial charge in [0.15, 0.2) is 17.3 Å². The predicted octanol–water partition coefficient (Wildman–Crippen LogP) is 4.98. The van der Waals surface area contributed by atoms with Gasteiger partial charge in [0, 0.05) is 61.6 Å². The van der Waals surface area contributed by atoms with Crippen molar-refractivity contribution in [2.24, 2.45) is 11.7 Å². The number of carbonyl (C=O) groups is 2. The number of aromatic nitrogens is 2. The van der Waals surface area contributed by atoms with Crippen molar-refractivity contribution in [3.8, 4) is 0 Å². The first-order valence-electron chi connectivity index (χ1n) is 16.9. The smallest absolute Gasteiger partial charge is 0.271 e. The fraction of sp³-hybridized carbons (Fsp3) is 0.500. The largest absolute Gasteiger partial charge is 0.378 e. The van der Waals surface area contributed by atoms with Crippen molar-refractivity contribution in [1.29, 1.82) is 0 Å². The maximum Gasteiger partial charge on any atom is 0.271 e. The minimum Gasteiger partial charge on any atom is -0.378 e. The number of Topliss-reactive ketones (excluding diaryl/α,β-unsaturated/α-hetero) is 1. The molecule has 3 N–H and O–H groups in total. The molecule has 0 spiro atoms. The Labute approximate surface area is 271 Å². The lowest BCUT2D eigenvalue weighted by atomic mass is 9.85. The third kappa shape index (κ3) is 6.46. The Hall–Kier alpha value is -4.02. The maximum atomic E-state index is 13.3. The second-order valence-corrected chi connectivity index (χ2v) is 13.6. The fourth-order valence-corrected chi connectivity index (χ4v) is 7.33. The number of carbonyl (C=O) groups excluding carboxylic acids is 2. The van der Waals surface area contributed by atoms with Crippen LogP contribution in [0.4, 0.5) is 23.0 Å². The quantitative estimate of drug-likeness (QED) is 0.302. The van der Waals surface area contributed by atoms with Crippen molar-refractivity contribution in [2.75, 3.05) is 54.5 Å². The highest BCUT2D eigenvalue weighted by Gasteiger charge is 2.33. The van der Waals surface area contributed by atoms with Gasteiger partial charge in [0.25, 0.3) is 5.91 Å². The zero-order chi connectivity index (χ0) is 31.8. The van der Waals surface area contributed by atoms with Gasteiger partial charge < -0.3 is 25.6 Å². The second kappa shape index (κ2) is 13.0. The van der Waals surface area contributed by atoms with E-state index in [2.05, 4.69) is 63.1 Å². The van der Waals surface area contributed by atoms with Gasteiger partial charge in [-0.25, -0.2) is 9.97 Å². The molecule has 10 nitrogen and oxygen atoms in total. The zero-order valence-corrected chi connectivity index (χ0v) is 26.9. The summed E-state index contributed by atoms with van der Waals surface area (Å²) in [5.41, 5.74) is 9.92. The number of hydrogen-bond donors (Lipinski definition) is 2. The van der Waals surface area contributed by atoms with Gasteiger partial charge in [-0.1, -0.05) is 24.3 Å². The molecule has 242 valence electrons. The van der Waals surface area contributed by atoms with Crippen LogP contribution in [0, 0.1) is 5.92 Å². The highest BCUT2D eigenvalue weighted by atomic mass is 16.5. The van der Waals surface area contributed by atoms with Gasteiger partial charge in [-0.3, -0.25) is 14.5 Å². The van der Waals surface area contributed by atoms with E-state index in [4.69, 9.17) is 15.5 Å². The SMILES string of the molecule is C[C@@H]1[C@H](CC(=O)c2ccc(C3CC3)cc2)CCCN1c1cnc(C(N)=O)c(Nc2ccc(N3CCN(C4COC4)C[C@@H]3C)cc2)n1. The molecule has 1 saturated carbocycles. The van der Waals surface area contributed by atoms with E-state index in [0.29, 0.717) is 36.1 Å². The third-order valence-electron chi connectivity index (χ3n) is 10.4. The minimum absolute atomic E-state index is 0.0866. The van der Waals surface area contributed by atoms with E-state index in [1.54, 1.807) is 6.20 Å². The van der Waals surface area contributed by atoms with E-state index in [9.17, 15) is 9.59 Å². The summed E-state index contributed by atoms with van der Waals surface area (Å²) in [4.78, 5) is 42.1. The van der Waals surface area contributed by atoms with Crippen molar-refractivity contribution in [3.05, 3.63) is 71.5 Å². The number of benzene rings is 2. The summed E-state index contributed by atoms with van der Waals surface area (Å²) >= 11 is 0. The summed E-state index contributed by atoms with van der Waals surface area (Å²) in [6.45, 7) is 9.94. The van der Waals surface area contributed by atoms with Crippen LogP contribution in [0.2, 0.25) is 0 Å². The van der Waals surface area contributed by atoms with Gasteiger partial charge in [0.1, 0.15) is 5.82 Å². The normalized spacial score (nSPS) is 24.0. The van der Waals surface area contributed by atoms with Crippen LogP contribution in [0.1, 0.15) is 78.3 Å². The van der Waals surface area contributed by atoms with E-state index < -0.39 is 5.91 Å². The number of anilines is 4. The molecule has 1 aromatic heterocycles. The Bertz CT molecular complexity index is 1550. The molecule has 0 radical (unpaired) electrons. The summed E-state index contributed by atoms with van der Waals surface area (Å²) < 4.78 is 5.39. The Morgan fingerprint density at radius 1 is 0.957 bits per heavy atom. The number of primary amides is 1. The van der Waals surface area contributed by atoms with Gasteiger partial charge in [0.2, 0.25) is 0 Å². The molecule has 0 bridgehead atoms. The Morgan fingerprint density at radius 2 is 1.72 bits per heavy atom. The molecule has 10 heteroatoms. The summed E-state index contributed by atoms with van der Waals surface area (Å²) in [5.74, 6) is 1.43. The van der Waals surface area contributed by atoms with E-state index in [1.807, 2.05) is 24.3 Å². The molecule has 1 aliphatic carbocycles. The first-order valence-corrected chi connectivity index (χ1v) is 16.9. The molecule has 3 aromatic rings. The van der Waals surface area contributed by atoms with Crippen LogP contribution < -0.4 is 20.9 Å². The molecular weight excluding hydrogens is 578 g/mol. The van der Waals surface area contributed by atoms with Gasteiger partial charge in [-0.2, -0.15) is 0 Å². The standard InChI is InChI=1S/C36H45N7O3/c1-23-20-41(31-21-46-22-31)16-17-42(23)30-13-11-29(12-14-30)39-36-34(35(37)45)38-19-33(40-36)43-15-3-4-28(24(43)2)18-32(44)27-9-7-26(8-10-27)25-5-6-25/h7-14,19,23-25,28,31H,3-6,15-18,20-22H2,1-2H3,(H2,37,45)(H,39,40)/t23-,24+,28-/m0/s1. The van der Waals surface area contributed by atoms with Crippen LogP contribution in [-0.4, -0.2) is 84.1 Å². The Morgan fingerprint density at radius 3 is 2.37 bits per heavy atom. The number of nitrogens with two attached hydrogens (primary N) is 1. The first-order chi connectivity index (χ1) is 22.3. The summed E-state index contributed by atoms with van der Waals surface area (Å²) in [7, 11) is 0. The number of hydrogen-bond acceptors (Lipinski definition) is 9. The van der Waals surface area contributed by atoms with Crippen molar-refractivity contribution in [1.82, 2.24) is 14.9 Å². The lowest BCUT2D eigenvalue weighted by Gasteiger charge is -2.46. The van der Waals surface area contributed by atoms with Gasteiger partial charge in [-0.15, -0.1) is 0 Å². The molecule has 3 saturated heterocycles. The average Bonchev–Trinajstić information content (AvgIpc) is 3.88. The molecule has 1 amide bonds. The number of ketones is 1. The van der Waals surface area contributed by atoms with Crippen LogP contribution in [-0.2, 0) is 4.74 Å². The molecule has 4 fully saturated rings. The number of piperidine rings is 1. The van der Waals surface area contributed by atoms with Crippen LogP contribution in [0.15, 0.2) is 54.7 Å². The number of ether oxygens (including phenoxy) is 1. The van der Waals surface area contributed by atoms with Crippen LogP contribution >= 0.6 is 0 Å². The fourth-order valence-electron chi connectivity index (χ4n) is 7.33. The van der Waals surface area contributed by atoms with Gasteiger partial charge >= 0.3 is 0 Å². The molecule has 46 heavy (non-hydrogen) atoms. The van der Waals surface area contributed by atoms with Crippen LogP contribution in [0.3, 0.4) is 0 Å². The number of rotatable bonds is 10. The Balaban J connectivity index is 1.02. The summed E-state index contributed by atoms with van der Waals surface area (Å²) in [5, 5.41) is 3.31. The summed E-state index contributed by atoms with van der Waals surface area (Å²) in [6, 6.07) is 17.5. The molecule has 4 aliphatic rings. The molecular formula is C36H45N7O3. The zero-order valence-electron chi connectivity index (χ0n) is 26.9. The molecule has 4 heterocycles. The molecule has 2 aromatic carbocycles. The second-order valence-electron chi connectivity index (χ2n) is 13.6. The van der Waals surface area contributed by atoms with E-state index in [-0.39, 0.29) is 23.4 Å². The van der Waals surface area contributed by atoms with Gasteiger partial charge in [-0.05, 0) is 81.2 Å². The average molecular weight is 624 g/mol. The number of nitrogens with zero attached hydrogens (tertiary/aromatic N) is 5. The number of amides is 1. The molecule has 7 rings (SSSR count). The van der Waals surface area contributed by atoms with Crippen molar-refractivity contribution >= 4 is 34.7 Å². The monoisotopic (exact) mass is 623 g/mol. The molecule has 3 aliphatic heterocycles. The van der Waals surface area contributed by atoms with E-state index >= 15 is 0 Å². The topological polar surface area (TPSA) is 117 Å². The number of piperazine rings is 1.